The molecule has 4 heteroatoms. The molecule has 1 aliphatic heterocycles. The summed E-state index contributed by atoms with van der Waals surface area (Å²) >= 11 is 6.13. The summed E-state index contributed by atoms with van der Waals surface area (Å²) in [5, 5.41) is 11.1. The van der Waals surface area contributed by atoms with Crippen molar-refractivity contribution in [2.24, 2.45) is 0 Å². The average molecular weight is 331 g/mol. The molecule has 1 heterocycles. The fourth-order valence-electron chi connectivity index (χ4n) is 3.12. The predicted octanol–water partition coefficient (Wildman–Crippen LogP) is 3.50. The lowest BCUT2D eigenvalue weighted by molar-refractivity contribution is 0.109. The summed E-state index contributed by atoms with van der Waals surface area (Å²) in [4.78, 5) is 4.71. The van der Waals surface area contributed by atoms with E-state index < -0.39 is 6.10 Å². The van der Waals surface area contributed by atoms with Gasteiger partial charge in [0.15, 0.2) is 0 Å². The molecule has 3 nitrogen and oxygen atoms in total. The molecular formula is C19H23ClN2O. The molecular weight excluding hydrogens is 308 g/mol. The van der Waals surface area contributed by atoms with Crippen molar-refractivity contribution in [3.63, 3.8) is 0 Å². The van der Waals surface area contributed by atoms with Crippen LogP contribution in [0.15, 0.2) is 48.5 Å². The zero-order valence-corrected chi connectivity index (χ0v) is 14.2. The van der Waals surface area contributed by atoms with Crippen molar-refractivity contribution in [1.82, 2.24) is 4.90 Å². The second-order valence-electron chi connectivity index (χ2n) is 6.14. The lowest BCUT2D eigenvalue weighted by Crippen LogP contribution is -2.47. The second-order valence-corrected chi connectivity index (χ2v) is 6.58. The van der Waals surface area contributed by atoms with Gasteiger partial charge in [-0.15, -0.1) is 0 Å². The molecule has 1 saturated heterocycles. The van der Waals surface area contributed by atoms with Gasteiger partial charge >= 0.3 is 0 Å². The van der Waals surface area contributed by atoms with Gasteiger partial charge in [-0.25, -0.2) is 0 Å². The third kappa shape index (κ3) is 4.05. The smallest absolute Gasteiger partial charge is 0.0916 e. The molecule has 2 aromatic rings. The topological polar surface area (TPSA) is 26.7 Å². The first-order chi connectivity index (χ1) is 11.1. The first kappa shape index (κ1) is 16.3. The maximum atomic E-state index is 10.4. The fraction of sp³-hybridized carbons (Fsp3) is 0.368. The van der Waals surface area contributed by atoms with E-state index >= 15 is 0 Å². The van der Waals surface area contributed by atoms with Gasteiger partial charge in [-0.3, -0.25) is 4.90 Å². The number of β-amino-alcohol motifs (C(OH)–C–C–N with tert-alkyl or cyclic N) is 1. The van der Waals surface area contributed by atoms with Crippen LogP contribution in [0.1, 0.15) is 17.2 Å². The Hall–Kier alpha value is -1.55. The molecule has 1 aliphatic rings. The SMILES string of the molecule is Cc1ccc(Cl)cc1N1CCN(C[C@H](O)c2ccccc2)CC1. The van der Waals surface area contributed by atoms with Gasteiger partial charge in [-0.2, -0.15) is 0 Å². The minimum atomic E-state index is -0.421. The largest absolute Gasteiger partial charge is 0.387 e. The first-order valence-electron chi connectivity index (χ1n) is 8.10. The third-order valence-electron chi connectivity index (χ3n) is 4.50. The maximum Gasteiger partial charge on any atom is 0.0916 e. The van der Waals surface area contributed by atoms with Gasteiger partial charge in [0.2, 0.25) is 0 Å². The molecule has 0 amide bonds. The second kappa shape index (κ2) is 7.35. The minimum Gasteiger partial charge on any atom is -0.387 e. The monoisotopic (exact) mass is 330 g/mol. The molecule has 0 bridgehead atoms. The highest BCUT2D eigenvalue weighted by Crippen LogP contribution is 2.25. The molecule has 0 saturated carbocycles. The van der Waals surface area contributed by atoms with Gasteiger partial charge in [0.25, 0.3) is 0 Å². The van der Waals surface area contributed by atoms with Gasteiger partial charge in [0, 0.05) is 43.4 Å². The molecule has 0 spiro atoms. The van der Waals surface area contributed by atoms with E-state index in [0.717, 1.165) is 36.8 Å². The van der Waals surface area contributed by atoms with E-state index in [4.69, 9.17) is 11.6 Å². The number of aliphatic hydroxyl groups is 1. The minimum absolute atomic E-state index is 0.421. The van der Waals surface area contributed by atoms with Crippen molar-refractivity contribution < 1.29 is 5.11 Å². The van der Waals surface area contributed by atoms with E-state index in [1.165, 1.54) is 11.3 Å². The van der Waals surface area contributed by atoms with Gasteiger partial charge in [0.1, 0.15) is 0 Å². The standard InChI is InChI=1S/C19H23ClN2O/c1-15-7-8-17(20)13-18(15)22-11-9-21(10-12-22)14-19(23)16-5-3-2-4-6-16/h2-8,13,19,23H,9-12,14H2,1H3/t19-/m0/s1. The molecule has 0 aliphatic carbocycles. The number of aliphatic hydroxyl groups excluding tert-OH is 1. The molecule has 122 valence electrons. The summed E-state index contributed by atoms with van der Waals surface area (Å²) in [6, 6.07) is 15.9. The zero-order chi connectivity index (χ0) is 16.2. The number of anilines is 1. The van der Waals surface area contributed by atoms with Crippen molar-refractivity contribution in [3.05, 3.63) is 64.7 Å². The number of hydrogen-bond donors (Lipinski definition) is 1. The lowest BCUT2D eigenvalue weighted by Gasteiger charge is -2.37. The summed E-state index contributed by atoms with van der Waals surface area (Å²) < 4.78 is 0. The van der Waals surface area contributed by atoms with Crippen molar-refractivity contribution >= 4 is 17.3 Å². The molecule has 1 fully saturated rings. The van der Waals surface area contributed by atoms with Crippen LogP contribution in [0.2, 0.25) is 5.02 Å². The Balaban J connectivity index is 1.57. The summed E-state index contributed by atoms with van der Waals surface area (Å²) in [5.41, 5.74) is 3.47. The van der Waals surface area contributed by atoms with Crippen molar-refractivity contribution in [2.75, 3.05) is 37.6 Å². The van der Waals surface area contributed by atoms with E-state index in [0.29, 0.717) is 6.54 Å². The van der Waals surface area contributed by atoms with Gasteiger partial charge in [-0.05, 0) is 30.2 Å². The van der Waals surface area contributed by atoms with Crippen LogP contribution in [0.5, 0.6) is 0 Å². The van der Waals surface area contributed by atoms with Gasteiger partial charge in [-0.1, -0.05) is 48.0 Å². The number of aryl methyl sites for hydroxylation is 1. The number of hydrogen-bond acceptors (Lipinski definition) is 3. The highest BCUT2D eigenvalue weighted by molar-refractivity contribution is 6.30. The van der Waals surface area contributed by atoms with Crippen molar-refractivity contribution in [3.8, 4) is 0 Å². The predicted molar refractivity (Wildman–Crippen MR) is 96.2 cm³/mol. The Morgan fingerprint density at radius 1 is 1.04 bits per heavy atom. The first-order valence-corrected chi connectivity index (χ1v) is 8.48. The van der Waals surface area contributed by atoms with Crippen LogP contribution in [-0.4, -0.2) is 42.7 Å². The van der Waals surface area contributed by atoms with Crippen LogP contribution >= 0.6 is 11.6 Å². The van der Waals surface area contributed by atoms with Crippen molar-refractivity contribution in [2.45, 2.75) is 13.0 Å². The van der Waals surface area contributed by atoms with Crippen molar-refractivity contribution in [1.29, 1.82) is 0 Å². The number of piperazine rings is 1. The molecule has 0 aromatic heterocycles. The fourth-order valence-corrected chi connectivity index (χ4v) is 3.29. The Morgan fingerprint density at radius 2 is 1.74 bits per heavy atom. The Morgan fingerprint density at radius 3 is 2.43 bits per heavy atom. The van der Waals surface area contributed by atoms with Crippen LogP contribution in [0.25, 0.3) is 0 Å². The zero-order valence-electron chi connectivity index (χ0n) is 13.5. The Kier molecular flexibility index (Phi) is 5.21. The summed E-state index contributed by atoms with van der Waals surface area (Å²) in [5.74, 6) is 0. The quantitative estimate of drug-likeness (QED) is 0.929. The van der Waals surface area contributed by atoms with Crippen LogP contribution in [0.3, 0.4) is 0 Å². The summed E-state index contributed by atoms with van der Waals surface area (Å²) in [7, 11) is 0. The lowest BCUT2D eigenvalue weighted by atomic mass is 10.1. The van der Waals surface area contributed by atoms with Crippen LogP contribution in [0, 0.1) is 6.92 Å². The molecule has 3 rings (SSSR count). The third-order valence-corrected chi connectivity index (χ3v) is 4.73. The average Bonchev–Trinajstić information content (AvgIpc) is 2.58. The summed E-state index contributed by atoms with van der Waals surface area (Å²) in [6.45, 7) is 6.64. The number of rotatable bonds is 4. The van der Waals surface area contributed by atoms with E-state index in [9.17, 15) is 5.11 Å². The highest BCUT2D eigenvalue weighted by Gasteiger charge is 2.21. The molecule has 0 radical (unpaired) electrons. The normalized spacial score (nSPS) is 17.3. The van der Waals surface area contributed by atoms with E-state index in [1.54, 1.807) is 0 Å². The number of benzene rings is 2. The Labute approximate surface area is 143 Å². The molecule has 0 unspecified atom stereocenters. The van der Waals surface area contributed by atoms with E-state index in [1.807, 2.05) is 42.5 Å². The number of nitrogens with zero attached hydrogens (tertiary/aromatic N) is 2. The molecule has 1 N–H and O–H groups in total. The maximum absolute atomic E-state index is 10.4. The molecule has 1 atom stereocenters. The van der Waals surface area contributed by atoms with Gasteiger partial charge < -0.3 is 10.0 Å². The molecule has 2 aromatic carbocycles. The van der Waals surface area contributed by atoms with E-state index in [2.05, 4.69) is 22.8 Å². The van der Waals surface area contributed by atoms with E-state index in [-0.39, 0.29) is 0 Å². The number of halogens is 1. The highest BCUT2D eigenvalue weighted by atomic mass is 35.5. The van der Waals surface area contributed by atoms with Crippen LogP contribution in [-0.2, 0) is 0 Å². The van der Waals surface area contributed by atoms with Crippen LogP contribution < -0.4 is 4.90 Å². The van der Waals surface area contributed by atoms with Gasteiger partial charge in [0.05, 0.1) is 6.10 Å². The summed E-state index contributed by atoms with van der Waals surface area (Å²) in [6.07, 6.45) is -0.421. The Bertz CT molecular complexity index is 639. The molecule has 23 heavy (non-hydrogen) atoms. The van der Waals surface area contributed by atoms with Crippen LogP contribution in [0.4, 0.5) is 5.69 Å².